The summed E-state index contributed by atoms with van der Waals surface area (Å²) in [5.74, 6) is 0.0282. The third kappa shape index (κ3) is 3.37. The topological polar surface area (TPSA) is 71.5 Å². The Morgan fingerprint density at radius 2 is 1.96 bits per heavy atom. The molecule has 0 spiro atoms. The molecule has 0 unspecified atom stereocenters. The number of H-pyrrole nitrogens is 1. The lowest BCUT2D eigenvalue weighted by Gasteiger charge is -2.04. The fourth-order valence-electron chi connectivity index (χ4n) is 2.94. The maximum Gasteiger partial charge on any atom is 0.170 e. The van der Waals surface area contributed by atoms with Gasteiger partial charge < -0.3 is 4.98 Å². The van der Waals surface area contributed by atoms with Crippen LogP contribution in [0.15, 0.2) is 61.2 Å². The van der Waals surface area contributed by atoms with Gasteiger partial charge >= 0.3 is 0 Å². The highest BCUT2D eigenvalue weighted by molar-refractivity contribution is 5.97. The van der Waals surface area contributed by atoms with Crippen molar-refractivity contribution in [2.24, 2.45) is 0 Å². The maximum absolute atomic E-state index is 12.3. The largest absolute Gasteiger partial charge is 0.346 e. The second-order valence-corrected chi connectivity index (χ2v) is 6.34. The molecule has 5 nitrogen and oxygen atoms in total. The summed E-state index contributed by atoms with van der Waals surface area (Å²) < 4.78 is 0. The van der Waals surface area contributed by atoms with E-state index in [9.17, 15) is 4.79 Å². The summed E-state index contributed by atoms with van der Waals surface area (Å²) in [5.41, 5.74) is 5.46. The number of carbonyl (C=O) groups excluding carboxylic acids is 1. The first-order valence-corrected chi connectivity index (χ1v) is 8.50. The van der Waals surface area contributed by atoms with Gasteiger partial charge in [-0.1, -0.05) is 6.07 Å². The summed E-state index contributed by atoms with van der Waals surface area (Å²) in [6, 6.07) is 11.6. The van der Waals surface area contributed by atoms with Crippen LogP contribution in [0.2, 0.25) is 0 Å². The maximum atomic E-state index is 12.3. The van der Waals surface area contributed by atoms with Crippen LogP contribution in [0.3, 0.4) is 0 Å². The average Bonchev–Trinajstić information content (AvgIpc) is 3.07. The van der Waals surface area contributed by atoms with E-state index >= 15 is 0 Å². The van der Waals surface area contributed by atoms with E-state index in [2.05, 4.69) is 26.0 Å². The highest BCUT2D eigenvalue weighted by Gasteiger charge is 2.09. The number of Topliss-reactive ketones (excluding diaryl/α,β-unsaturated/α-hetero) is 1. The van der Waals surface area contributed by atoms with Gasteiger partial charge in [0, 0.05) is 53.5 Å². The lowest BCUT2D eigenvalue weighted by Crippen LogP contribution is -2.06. The third-order valence-electron chi connectivity index (χ3n) is 4.39. The molecule has 0 aliphatic rings. The molecule has 4 aromatic heterocycles. The van der Waals surface area contributed by atoms with Gasteiger partial charge in [-0.25, -0.2) is 4.98 Å². The molecular weight excluding hydrogens is 324 g/mol. The normalized spacial score (nSPS) is 11.0. The molecule has 128 valence electrons. The van der Waals surface area contributed by atoms with E-state index in [0.717, 1.165) is 34.4 Å². The highest BCUT2D eigenvalue weighted by atomic mass is 16.1. The van der Waals surface area contributed by atoms with Gasteiger partial charge in [0.05, 0.1) is 6.42 Å². The van der Waals surface area contributed by atoms with E-state index in [0.29, 0.717) is 5.56 Å². The van der Waals surface area contributed by atoms with Gasteiger partial charge in [0.15, 0.2) is 5.78 Å². The summed E-state index contributed by atoms with van der Waals surface area (Å²) in [5, 5.41) is 1.12. The van der Waals surface area contributed by atoms with E-state index in [1.165, 1.54) is 5.56 Å². The van der Waals surface area contributed by atoms with Crippen LogP contribution in [-0.2, 0) is 12.8 Å². The van der Waals surface area contributed by atoms with Gasteiger partial charge in [-0.3, -0.25) is 14.8 Å². The summed E-state index contributed by atoms with van der Waals surface area (Å²) in [4.78, 5) is 28.4. The molecule has 0 aromatic carbocycles. The fraction of sp³-hybridized carbons (Fsp3) is 0.143. The monoisotopic (exact) mass is 342 g/mol. The van der Waals surface area contributed by atoms with Crippen LogP contribution < -0.4 is 0 Å². The summed E-state index contributed by atoms with van der Waals surface area (Å²) in [7, 11) is 0. The molecule has 5 heteroatoms. The average molecular weight is 342 g/mol. The molecular formula is C21H18N4O. The van der Waals surface area contributed by atoms with Crippen LogP contribution in [0.25, 0.3) is 11.0 Å². The zero-order valence-corrected chi connectivity index (χ0v) is 14.4. The number of ketones is 1. The predicted molar refractivity (Wildman–Crippen MR) is 100 cm³/mol. The third-order valence-corrected chi connectivity index (χ3v) is 4.39. The minimum Gasteiger partial charge on any atom is -0.346 e. The molecule has 0 fully saturated rings. The smallest absolute Gasteiger partial charge is 0.170 e. The van der Waals surface area contributed by atoms with Crippen LogP contribution in [-0.4, -0.2) is 25.7 Å². The predicted octanol–water partition coefficient (Wildman–Crippen LogP) is 3.68. The molecule has 0 aliphatic heterocycles. The molecule has 1 N–H and O–H groups in total. The molecule has 0 aliphatic carbocycles. The molecule has 4 aromatic rings. The number of fused-ring (bicyclic) bond motifs is 1. The molecule has 4 heterocycles. The number of aromatic nitrogens is 4. The van der Waals surface area contributed by atoms with Crippen molar-refractivity contribution >= 4 is 16.8 Å². The number of nitrogens with zero attached hydrogens (tertiary/aromatic N) is 3. The van der Waals surface area contributed by atoms with Crippen LogP contribution in [0, 0.1) is 6.92 Å². The molecule has 0 amide bonds. The Kier molecular flexibility index (Phi) is 4.27. The Morgan fingerprint density at radius 1 is 1.04 bits per heavy atom. The minimum absolute atomic E-state index is 0.0282. The number of aryl methyl sites for hydroxylation is 1. The molecule has 0 atom stereocenters. The van der Waals surface area contributed by atoms with Crippen molar-refractivity contribution in [1.82, 2.24) is 19.9 Å². The SMILES string of the molecule is Cc1ccc(C(=O)Cc2ccc(Cc3c[nH]c4ncccc34)cn2)cn1. The molecule has 4 rings (SSSR count). The van der Waals surface area contributed by atoms with Gasteiger partial charge in [-0.15, -0.1) is 0 Å². The zero-order valence-electron chi connectivity index (χ0n) is 14.4. The Bertz CT molecular complexity index is 1050. The number of hydrogen-bond acceptors (Lipinski definition) is 4. The molecule has 0 bridgehead atoms. The zero-order chi connectivity index (χ0) is 17.9. The second-order valence-electron chi connectivity index (χ2n) is 6.34. The van der Waals surface area contributed by atoms with Crippen LogP contribution in [0.4, 0.5) is 0 Å². The van der Waals surface area contributed by atoms with Crippen LogP contribution in [0.5, 0.6) is 0 Å². The Labute approximate surface area is 151 Å². The Hall–Kier alpha value is -3.34. The van der Waals surface area contributed by atoms with Crippen molar-refractivity contribution in [2.75, 3.05) is 0 Å². The van der Waals surface area contributed by atoms with Crippen LogP contribution >= 0.6 is 0 Å². The van der Waals surface area contributed by atoms with Crippen molar-refractivity contribution in [3.8, 4) is 0 Å². The number of nitrogens with one attached hydrogen (secondary N) is 1. The first kappa shape index (κ1) is 16.1. The molecule has 0 radical (unpaired) electrons. The summed E-state index contributed by atoms with van der Waals surface area (Å²) in [6.07, 6.45) is 8.28. The van der Waals surface area contributed by atoms with Gasteiger partial charge in [0.2, 0.25) is 0 Å². The number of hydrogen-bond donors (Lipinski definition) is 1. The number of aromatic amines is 1. The standard InChI is InChI=1S/C21H18N4O/c1-14-4-6-16(12-23-14)20(26)10-18-7-5-15(11-24-18)9-17-13-25-21-19(17)3-2-8-22-21/h2-8,11-13H,9-10H2,1H3,(H,22,25). The van der Waals surface area contributed by atoms with E-state index in [1.54, 1.807) is 12.4 Å². The molecule has 26 heavy (non-hydrogen) atoms. The van der Waals surface area contributed by atoms with E-state index < -0.39 is 0 Å². The van der Waals surface area contributed by atoms with Gasteiger partial charge in [-0.05, 0) is 48.4 Å². The Morgan fingerprint density at radius 3 is 2.73 bits per heavy atom. The first-order chi connectivity index (χ1) is 12.7. The number of pyridine rings is 3. The van der Waals surface area contributed by atoms with Gasteiger partial charge in [0.25, 0.3) is 0 Å². The van der Waals surface area contributed by atoms with Crippen molar-refractivity contribution in [2.45, 2.75) is 19.8 Å². The quantitative estimate of drug-likeness (QED) is 0.562. The first-order valence-electron chi connectivity index (χ1n) is 8.50. The number of carbonyl (C=O) groups is 1. The van der Waals surface area contributed by atoms with Crippen molar-refractivity contribution in [3.63, 3.8) is 0 Å². The second kappa shape index (κ2) is 6.88. The lowest BCUT2D eigenvalue weighted by atomic mass is 10.0. The molecule has 0 saturated carbocycles. The van der Waals surface area contributed by atoms with Crippen molar-refractivity contribution in [1.29, 1.82) is 0 Å². The Balaban J connectivity index is 1.46. The summed E-state index contributed by atoms with van der Waals surface area (Å²) in [6.45, 7) is 1.90. The van der Waals surface area contributed by atoms with Crippen molar-refractivity contribution in [3.05, 3.63) is 89.3 Å². The fourth-order valence-corrected chi connectivity index (χ4v) is 2.94. The van der Waals surface area contributed by atoms with Gasteiger partial charge in [0.1, 0.15) is 5.65 Å². The summed E-state index contributed by atoms with van der Waals surface area (Å²) >= 11 is 0. The number of rotatable bonds is 5. The van der Waals surface area contributed by atoms with Crippen LogP contribution in [0.1, 0.15) is 32.9 Å². The van der Waals surface area contributed by atoms with Crippen molar-refractivity contribution < 1.29 is 4.79 Å². The van der Waals surface area contributed by atoms with E-state index in [4.69, 9.17) is 0 Å². The highest BCUT2D eigenvalue weighted by Crippen LogP contribution is 2.19. The minimum atomic E-state index is 0.0282. The van der Waals surface area contributed by atoms with E-state index in [-0.39, 0.29) is 12.2 Å². The lowest BCUT2D eigenvalue weighted by molar-refractivity contribution is 0.0991. The van der Waals surface area contributed by atoms with E-state index in [1.807, 2.05) is 49.6 Å². The van der Waals surface area contributed by atoms with Gasteiger partial charge in [-0.2, -0.15) is 0 Å². The molecule has 0 saturated heterocycles.